The molecule has 0 unspecified atom stereocenters. The molecular weight excluding hydrogens is 356 g/mol. The highest BCUT2D eigenvalue weighted by Crippen LogP contribution is 2.22. The quantitative estimate of drug-likeness (QED) is 0.467. The summed E-state index contributed by atoms with van der Waals surface area (Å²) in [5, 5.41) is 20.0. The second-order valence-electron chi connectivity index (χ2n) is 7.19. The summed E-state index contributed by atoms with van der Waals surface area (Å²) in [6.07, 6.45) is 2.04. The Morgan fingerprint density at radius 3 is 1.24 bits per heavy atom. The molecule has 0 spiro atoms. The summed E-state index contributed by atoms with van der Waals surface area (Å²) in [5.74, 6) is 0.632. The number of benzene rings is 4. The van der Waals surface area contributed by atoms with E-state index in [0.29, 0.717) is 24.3 Å². The van der Waals surface area contributed by atoms with E-state index in [4.69, 9.17) is 0 Å². The maximum Gasteiger partial charge on any atom is 0.119 e. The third-order valence-corrected chi connectivity index (χ3v) is 4.96. The van der Waals surface area contributed by atoms with Crippen LogP contribution in [0.15, 0.2) is 84.9 Å². The third kappa shape index (κ3) is 4.85. The lowest BCUT2D eigenvalue weighted by atomic mass is 9.97. The van der Waals surface area contributed by atoms with Gasteiger partial charge in [-0.2, -0.15) is 0 Å². The summed E-state index contributed by atoms with van der Waals surface area (Å²) in [6, 6.07) is 34.1. The Morgan fingerprint density at radius 2 is 0.828 bits per heavy atom. The highest BCUT2D eigenvalue weighted by atomic mass is 16.3. The Morgan fingerprint density at radius 1 is 0.448 bits per heavy atom. The Labute approximate surface area is 171 Å². The van der Waals surface area contributed by atoms with Crippen molar-refractivity contribution in [3.05, 3.63) is 130 Å². The fourth-order valence-electron chi connectivity index (χ4n) is 3.49. The zero-order chi connectivity index (χ0) is 20.1. The smallest absolute Gasteiger partial charge is 0.119 e. The van der Waals surface area contributed by atoms with Crippen molar-refractivity contribution in [3.8, 4) is 11.5 Å². The molecule has 0 atom stereocenters. The first kappa shape index (κ1) is 18.8. The van der Waals surface area contributed by atoms with Crippen molar-refractivity contribution in [2.45, 2.75) is 19.3 Å². The first-order valence-electron chi connectivity index (χ1n) is 9.71. The number of phenolic OH excluding ortho intramolecular Hbond substituents is 2. The van der Waals surface area contributed by atoms with E-state index in [1.807, 2.05) is 60.7 Å². The molecule has 0 heterocycles. The zero-order valence-electron chi connectivity index (χ0n) is 16.1. The van der Waals surface area contributed by atoms with Gasteiger partial charge in [-0.1, -0.05) is 72.8 Å². The molecule has 4 rings (SSSR count). The first-order valence-corrected chi connectivity index (χ1v) is 9.71. The lowest BCUT2D eigenvalue weighted by Gasteiger charge is -2.09. The number of hydrogen-bond donors (Lipinski definition) is 2. The number of rotatable bonds is 6. The molecule has 4 aromatic rings. The van der Waals surface area contributed by atoms with E-state index < -0.39 is 0 Å². The van der Waals surface area contributed by atoms with Crippen LogP contribution in [-0.4, -0.2) is 10.2 Å². The maximum atomic E-state index is 10.0. The van der Waals surface area contributed by atoms with Gasteiger partial charge in [-0.25, -0.2) is 0 Å². The van der Waals surface area contributed by atoms with E-state index >= 15 is 0 Å². The van der Waals surface area contributed by atoms with Crippen LogP contribution < -0.4 is 0 Å². The molecular formula is C27H22O2. The van der Waals surface area contributed by atoms with Crippen molar-refractivity contribution in [2.75, 3.05) is 0 Å². The average Bonchev–Trinajstić information content (AvgIpc) is 2.72. The normalized spacial score (nSPS) is 10.8. The molecule has 0 aliphatic carbocycles. The minimum absolute atomic E-state index is 0.316. The summed E-state index contributed by atoms with van der Waals surface area (Å²) < 4.78 is 0. The van der Waals surface area contributed by atoms with Gasteiger partial charge in [0.15, 0.2) is 0 Å². The van der Waals surface area contributed by atoms with E-state index in [1.165, 1.54) is 0 Å². The second-order valence-corrected chi connectivity index (χ2v) is 7.19. The van der Waals surface area contributed by atoms with Gasteiger partial charge in [0.05, 0.1) is 0 Å². The van der Waals surface area contributed by atoms with Crippen molar-refractivity contribution < 1.29 is 10.2 Å². The van der Waals surface area contributed by atoms with Crippen LogP contribution in [0, 0.1) is 12.1 Å². The SMILES string of the molecule is Oc1ccccc1Cc1[c]c(Cc2[c]c(Cc3ccccc3O)ccc2)ccc1. The summed E-state index contributed by atoms with van der Waals surface area (Å²) in [4.78, 5) is 0. The largest absolute Gasteiger partial charge is 0.508 e. The van der Waals surface area contributed by atoms with Crippen LogP contribution in [0.1, 0.15) is 33.4 Å². The second kappa shape index (κ2) is 8.66. The van der Waals surface area contributed by atoms with Crippen LogP contribution in [-0.2, 0) is 19.3 Å². The van der Waals surface area contributed by atoms with Crippen LogP contribution in [0.2, 0.25) is 0 Å². The fourth-order valence-corrected chi connectivity index (χ4v) is 3.49. The number of aromatic hydroxyl groups is 2. The minimum Gasteiger partial charge on any atom is -0.508 e. The van der Waals surface area contributed by atoms with Crippen LogP contribution in [0.3, 0.4) is 0 Å². The molecule has 0 amide bonds. The van der Waals surface area contributed by atoms with Crippen molar-refractivity contribution in [1.82, 2.24) is 0 Å². The highest BCUT2D eigenvalue weighted by Gasteiger charge is 2.06. The van der Waals surface area contributed by atoms with Gasteiger partial charge >= 0.3 is 0 Å². The molecule has 2 N–H and O–H groups in total. The molecule has 0 aliphatic rings. The van der Waals surface area contributed by atoms with Gasteiger partial charge in [0.1, 0.15) is 11.5 Å². The fraction of sp³-hybridized carbons (Fsp3) is 0.111. The molecule has 2 nitrogen and oxygen atoms in total. The summed E-state index contributed by atoms with van der Waals surface area (Å²) in [7, 11) is 0. The predicted octanol–water partition coefficient (Wildman–Crippen LogP) is 5.47. The van der Waals surface area contributed by atoms with E-state index in [0.717, 1.165) is 39.8 Å². The average molecular weight is 378 g/mol. The number of phenols is 2. The van der Waals surface area contributed by atoms with E-state index in [1.54, 1.807) is 12.1 Å². The Kier molecular flexibility index (Phi) is 5.62. The molecule has 0 fully saturated rings. The Balaban J connectivity index is 1.50. The molecule has 0 bridgehead atoms. The molecule has 29 heavy (non-hydrogen) atoms. The zero-order valence-corrected chi connectivity index (χ0v) is 16.1. The van der Waals surface area contributed by atoms with Crippen LogP contribution in [0.25, 0.3) is 0 Å². The van der Waals surface area contributed by atoms with Gasteiger partial charge in [0.25, 0.3) is 0 Å². The molecule has 0 saturated carbocycles. The third-order valence-electron chi connectivity index (χ3n) is 4.96. The van der Waals surface area contributed by atoms with Gasteiger partial charge in [-0.3, -0.25) is 0 Å². The number of hydrogen-bond acceptors (Lipinski definition) is 2. The summed E-state index contributed by atoms with van der Waals surface area (Å²) in [6.45, 7) is 0. The molecule has 0 aliphatic heterocycles. The van der Waals surface area contributed by atoms with Gasteiger partial charge in [-0.05, 0) is 64.1 Å². The standard InChI is InChI=1S/C27H22O2/c28-26-13-3-1-11-24(26)18-22-9-5-7-20(16-22)15-21-8-6-10-23(17-21)19-25-12-2-4-14-27(25)29/h1-14,28-29H,15,18-19H2. The maximum absolute atomic E-state index is 10.0. The monoisotopic (exact) mass is 378 g/mol. The number of para-hydroxylation sites is 2. The van der Waals surface area contributed by atoms with Crippen molar-refractivity contribution in [2.24, 2.45) is 0 Å². The van der Waals surface area contributed by atoms with E-state index in [-0.39, 0.29) is 0 Å². The molecule has 2 radical (unpaired) electrons. The van der Waals surface area contributed by atoms with E-state index in [9.17, 15) is 10.2 Å². The first-order chi connectivity index (χ1) is 14.2. The summed E-state index contributed by atoms with van der Waals surface area (Å²) >= 11 is 0. The van der Waals surface area contributed by atoms with Gasteiger partial charge in [0.2, 0.25) is 0 Å². The molecule has 0 saturated heterocycles. The van der Waals surface area contributed by atoms with Crippen molar-refractivity contribution in [3.63, 3.8) is 0 Å². The predicted molar refractivity (Wildman–Crippen MR) is 115 cm³/mol. The van der Waals surface area contributed by atoms with Gasteiger partial charge < -0.3 is 10.2 Å². The molecule has 2 heteroatoms. The topological polar surface area (TPSA) is 40.5 Å². The molecule has 0 aromatic heterocycles. The van der Waals surface area contributed by atoms with Crippen molar-refractivity contribution in [1.29, 1.82) is 0 Å². The van der Waals surface area contributed by atoms with Gasteiger partial charge in [-0.15, -0.1) is 0 Å². The molecule has 4 aromatic carbocycles. The van der Waals surface area contributed by atoms with Crippen LogP contribution in [0.5, 0.6) is 11.5 Å². The highest BCUT2D eigenvalue weighted by molar-refractivity contribution is 5.39. The lowest BCUT2D eigenvalue weighted by Crippen LogP contribution is -1.95. The van der Waals surface area contributed by atoms with Crippen molar-refractivity contribution >= 4 is 0 Å². The Bertz CT molecular complexity index is 1030. The summed E-state index contributed by atoms with van der Waals surface area (Å²) in [5.41, 5.74) is 6.08. The van der Waals surface area contributed by atoms with Gasteiger partial charge in [0, 0.05) is 12.8 Å². The minimum atomic E-state index is 0.316. The van der Waals surface area contributed by atoms with Crippen LogP contribution >= 0.6 is 0 Å². The molecule has 142 valence electrons. The van der Waals surface area contributed by atoms with Crippen LogP contribution in [0.4, 0.5) is 0 Å². The van der Waals surface area contributed by atoms with E-state index in [2.05, 4.69) is 24.3 Å². The lowest BCUT2D eigenvalue weighted by molar-refractivity contribution is 0.469. The Hall–Kier alpha value is -3.52.